The van der Waals surface area contributed by atoms with Crippen molar-refractivity contribution >= 4 is 5.78 Å². The molecule has 0 spiro atoms. The van der Waals surface area contributed by atoms with Gasteiger partial charge >= 0.3 is 0 Å². The maximum absolute atomic E-state index is 12.1. The van der Waals surface area contributed by atoms with Gasteiger partial charge < -0.3 is 9.47 Å². The van der Waals surface area contributed by atoms with Crippen molar-refractivity contribution in [2.75, 3.05) is 7.11 Å². The molecule has 92 valence electrons. The van der Waals surface area contributed by atoms with Crippen molar-refractivity contribution in [1.82, 2.24) is 0 Å². The predicted octanol–water partition coefficient (Wildman–Crippen LogP) is 3.08. The summed E-state index contributed by atoms with van der Waals surface area (Å²) in [6, 6.07) is 5.35. The molecule has 1 atom stereocenters. The van der Waals surface area contributed by atoms with Crippen LogP contribution >= 0.6 is 0 Å². The molecule has 0 saturated carbocycles. The molecular formula is C14H18O3. The Morgan fingerprint density at radius 3 is 2.71 bits per heavy atom. The first-order chi connectivity index (χ1) is 7.96. The Bertz CT molecular complexity index is 451. The lowest BCUT2D eigenvalue weighted by Gasteiger charge is -2.38. The van der Waals surface area contributed by atoms with Gasteiger partial charge in [0.25, 0.3) is 0 Å². The quantitative estimate of drug-likeness (QED) is 0.788. The van der Waals surface area contributed by atoms with Gasteiger partial charge in [-0.2, -0.15) is 0 Å². The highest BCUT2D eigenvalue weighted by molar-refractivity contribution is 6.00. The molecule has 1 aromatic rings. The summed E-state index contributed by atoms with van der Waals surface area (Å²) in [4.78, 5) is 12.1. The third kappa shape index (κ3) is 2.02. The minimum absolute atomic E-state index is 0.144. The Morgan fingerprint density at radius 2 is 2.12 bits per heavy atom. The van der Waals surface area contributed by atoms with E-state index in [1.165, 1.54) is 0 Å². The van der Waals surface area contributed by atoms with E-state index in [0.29, 0.717) is 23.5 Å². The molecule has 1 heterocycles. The van der Waals surface area contributed by atoms with Crippen LogP contribution in [0.25, 0.3) is 0 Å². The predicted molar refractivity (Wildman–Crippen MR) is 65.8 cm³/mol. The van der Waals surface area contributed by atoms with Crippen LogP contribution in [0.15, 0.2) is 18.2 Å². The monoisotopic (exact) mass is 234 g/mol. The van der Waals surface area contributed by atoms with E-state index in [1.807, 2.05) is 6.92 Å². The highest BCUT2D eigenvalue weighted by atomic mass is 16.5. The number of benzene rings is 1. The lowest BCUT2D eigenvalue weighted by Crippen LogP contribution is -2.43. The van der Waals surface area contributed by atoms with E-state index in [0.717, 1.165) is 0 Å². The number of hydrogen-bond donors (Lipinski definition) is 0. The summed E-state index contributed by atoms with van der Waals surface area (Å²) in [7, 11) is 1.61. The summed E-state index contributed by atoms with van der Waals surface area (Å²) in [5, 5.41) is 0. The minimum atomic E-state index is -0.420. The summed E-state index contributed by atoms with van der Waals surface area (Å²) < 4.78 is 11.1. The Kier molecular flexibility index (Phi) is 2.86. The van der Waals surface area contributed by atoms with Crippen molar-refractivity contribution in [3.05, 3.63) is 23.8 Å². The molecule has 2 rings (SSSR count). The molecule has 0 aliphatic carbocycles. The summed E-state index contributed by atoms with van der Waals surface area (Å²) in [5.41, 5.74) is 0.236. The van der Waals surface area contributed by atoms with Crippen molar-refractivity contribution in [2.45, 2.75) is 32.8 Å². The molecule has 1 aromatic carbocycles. The van der Waals surface area contributed by atoms with Crippen LogP contribution in [-0.4, -0.2) is 18.5 Å². The maximum Gasteiger partial charge on any atom is 0.170 e. The molecule has 0 radical (unpaired) electrons. The van der Waals surface area contributed by atoms with Gasteiger partial charge in [0.1, 0.15) is 17.1 Å². The third-order valence-corrected chi connectivity index (χ3v) is 3.57. The second kappa shape index (κ2) is 4.06. The summed E-state index contributed by atoms with van der Waals surface area (Å²) in [5.74, 6) is 1.78. The van der Waals surface area contributed by atoms with Gasteiger partial charge in [-0.25, -0.2) is 0 Å². The molecule has 17 heavy (non-hydrogen) atoms. The van der Waals surface area contributed by atoms with E-state index in [4.69, 9.17) is 9.47 Å². The Morgan fingerprint density at radius 1 is 1.41 bits per heavy atom. The normalized spacial score (nSPS) is 23.2. The maximum atomic E-state index is 12.1. The lowest BCUT2D eigenvalue weighted by atomic mass is 9.83. The second-order valence-corrected chi connectivity index (χ2v) is 5.03. The molecule has 0 saturated heterocycles. The molecular weight excluding hydrogens is 216 g/mol. The zero-order valence-corrected chi connectivity index (χ0v) is 10.7. The van der Waals surface area contributed by atoms with Crippen LogP contribution < -0.4 is 9.47 Å². The van der Waals surface area contributed by atoms with E-state index >= 15 is 0 Å². The number of Topliss-reactive ketones (excluding diaryl/α,β-unsaturated/α-hetero) is 1. The van der Waals surface area contributed by atoms with E-state index in [-0.39, 0.29) is 11.7 Å². The van der Waals surface area contributed by atoms with Crippen LogP contribution in [0.2, 0.25) is 0 Å². The summed E-state index contributed by atoms with van der Waals surface area (Å²) >= 11 is 0. The van der Waals surface area contributed by atoms with Gasteiger partial charge in [-0.05, 0) is 25.0 Å². The van der Waals surface area contributed by atoms with Crippen molar-refractivity contribution in [3.63, 3.8) is 0 Å². The van der Waals surface area contributed by atoms with Gasteiger partial charge in [0.05, 0.1) is 19.1 Å². The van der Waals surface area contributed by atoms with Crippen molar-refractivity contribution in [2.24, 2.45) is 5.92 Å². The summed E-state index contributed by atoms with van der Waals surface area (Å²) in [6.07, 6.45) is 0.435. The molecule has 1 aliphatic heterocycles. The fraction of sp³-hybridized carbons (Fsp3) is 0.500. The topological polar surface area (TPSA) is 35.5 Å². The number of fused-ring (bicyclic) bond motifs is 1. The van der Waals surface area contributed by atoms with Crippen molar-refractivity contribution in [3.8, 4) is 11.5 Å². The molecule has 1 unspecified atom stereocenters. The van der Waals surface area contributed by atoms with Crippen molar-refractivity contribution < 1.29 is 14.3 Å². The van der Waals surface area contributed by atoms with E-state index in [9.17, 15) is 4.79 Å². The molecule has 0 N–H and O–H groups in total. The molecule has 3 heteroatoms. The van der Waals surface area contributed by atoms with Crippen molar-refractivity contribution in [1.29, 1.82) is 0 Å². The SMILES string of the molecule is COc1ccc2c(c1)OC(C)(C(C)C)CC2=O. The minimum Gasteiger partial charge on any atom is -0.497 e. The van der Waals surface area contributed by atoms with Crippen LogP contribution in [-0.2, 0) is 0 Å². The second-order valence-electron chi connectivity index (χ2n) is 5.03. The number of carbonyl (C=O) groups excluding carboxylic acids is 1. The smallest absolute Gasteiger partial charge is 0.170 e. The van der Waals surface area contributed by atoms with Crippen LogP contribution in [0.5, 0.6) is 11.5 Å². The Hall–Kier alpha value is -1.51. The Labute approximate surface area is 102 Å². The van der Waals surface area contributed by atoms with Gasteiger partial charge in [0.15, 0.2) is 5.78 Å². The average molecular weight is 234 g/mol. The number of rotatable bonds is 2. The Balaban J connectivity index is 2.44. The standard InChI is InChI=1S/C14H18O3/c1-9(2)14(3)8-12(15)11-6-5-10(16-4)7-13(11)17-14/h5-7,9H,8H2,1-4H3. The van der Waals surface area contributed by atoms with Crippen LogP contribution in [0, 0.1) is 5.92 Å². The van der Waals surface area contributed by atoms with Gasteiger partial charge in [-0.3, -0.25) is 4.79 Å². The van der Waals surface area contributed by atoms with Gasteiger partial charge in [0.2, 0.25) is 0 Å². The highest BCUT2D eigenvalue weighted by Gasteiger charge is 2.39. The van der Waals surface area contributed by atoms with Crippen LogP contribution in [0.1, 0.15) is 37.6 Å². The molecule has 0 aromatic heterocycles. The number of carbonyl (C=O) groups is 1. The van der Waals surface area contributed by atoms with Gasteiger partial charge in [-0.15, -0.1) is 0 Å². The number of hydrogen-bond acceptors (Lipinski definition) is 3. The fourth-order valence-corrected chi connectivity index (χ4v) is 1.97. The van der Waals surface area contributed by atoms with Crippen LogP contribution in [0.4, 0.5) is 0 Å². The van der Waals surface area contributed by atoms with Gasteiger partial charge in [0, 0.05) is 6.07 Å². The molecule has 0 bridgehead atoms. The number of ether oxygens (including phenoxy) is 2. The number of ketones is 1. The first-order valence-electron chi connectivity index (χ1n) is 5.86. The lowest BCUT2D eigenvalue weighted by molar-refractivity contribution is 0.0211. The van der Waals surface area contributed by atoms with E-state index in [1.54, 1.807) is 25.3 Å². The molecule has 0 amide bonds. The summed E-state index contributed by atoms with van der Waals surface area (Å²) in [6.45, 7) is 6.12. The molecule has 3 nitrogen and oxygen atoms in total. The highest BCUT2D eigenvalue weighted by Crippen LogP contribution is 2.38. The van der Waals surface area contributed by atoms with Crippen LogP contribution in [0.3, 0.4) is 0 Å². The first-order valence-corrected chi connectivity index (χ1v) is 5.86. The largest absolute Gasteiger partial charge is 0.497 e. The molecule has 0 fully saturated rings. The zero-order valence-electron chi connectivity index (χ0n) is 10.7. The first kappa shape index (κ1) is 12.0. The fourth-order valence-electron chi connectivity index (χ4n) is 1.97. The zero-order chi connectivity index (χ0) is 12.6. The van der Waals surface area contributed by atoms with E-state index < -0.39 is 5.60 Å². The molecule has 1 aliphatic rings. The number of methoxy groups -OCH3 is 1. The van der Waals surface area contributed by atoms with E-state index in [2.05, 4.69) is 13.8 Å². The average Bonchev–Trinajstić information content (AvgIpc) is 2.27. The van der Waals surface area contributed by atoms with Gasteiger partial charge in [-0.1, -0.05) is 13.8 Å². The third-order valence-electron chi connectivity index (χ3n) is 3.57.